The highest BCUT2D eigenvalue weighted by atomic mass is 32.2. The van der Waals surface area contributed by atoms with E-state index in [4.69, 9.17) is 4.74 Å². The largest absolute Gasteiger partial charge is 0.461 e. The molecule has 3 rings (SSSR count). The van der Waals surface area contributed by atoms with Gasteiger partial charge in [0.05, 0.1) is 27.5 Å². The number of anilines is 1. The van der Waals surface area contributed by atoms with E-state index in [1.165, 1.54) is 11.3 Å². The number of carbonyl (C=O) groups is 1. The van der Waals surface area contributed by atoms with Gasteiger partial charge < -0.3 is 9.72 Å². The zero-order valence-corrected chi connectivity index (χ0v) is 16.0. The van der Waals surface area contributed by atoms with Crippen LogP contribution < -0.4 is 4.31 Å². The number of carbonyl (C=O) groups excluding carboxylic acids is 1. The van der Waals surface area contributed by atoms with Crippen molar-refractivity contribution in [1.82, 2.24) is 4.98 Å². The molecule has 0 spiro atoms. The summed E-state index contributed by atoms with van der Waals surface area (Å²) in [6, 6.07) is 9.35. The predicted molar refractivity (Wildman–Crippen MR) is 105 cm³/mol. The summed E-state index contributed by atoms with van der Waals surface area (Å²) in [6.07, 6.45) is 0. The number of thiophene rings is 1. The summed E-state index contributed by atoms with van der Waals surface area (Å²) in [5, 5.41) is 2.75. The lowest BCUT2D eigenvalue weighted by atomic mass is 10.1. The van der Waals surface area contributed by atoms with Gasteiger partial charge in [0.15, 0.2) is 0 Å². The molecule has 0 aliphatic carbocycles. The number of hydrogen-bond donors (Lipinski definition) is 1. The number of H-pyrrole nitrogens is 1. The smallest absolute Gasteiger partial charge is 0.354 e. The van der Waals surface area contributed by atoms with Crippen LogP contribution in [-0.2, 0) is 14.4 Å². The summed E-state index contributed by atoms with van der Waals surface area (Å²) in [6.45, 7) is 4.04. The quantitative estimate of drug-likeness (QED) is 0.544. The normalized spacial score (nSPS) is 13.6. The number of rotatable bonds is 5. The van der Waals surface area contributed by atoms with Crippen LogP contribution in [0.15, 0.2) is 39.9 Å². The van der Waals surface area contributed by atoms with Gasteiger partial charge in [0.1, 0.15) is 9.90 Å². The summed E-state index contributed by atoms with van der Waals surface area (Å²) >= 11 is 1.42. The molecule has 0 saturated heterocycles. The second-order valence-electron chi connectivity index (χ2n) is 5.72. The topological polar surface area (TPSA) is 62.4 Å². The minimum atomic E-state index is -2.66. The highest BCUT2D eigenvalue weighted by molar-refractivity contribution is 8.03. The SMILES string of the molecule is C=S(=O)(c1cccs1)N(C)c1cc(C)cc2cc(C(=O)OCC)[nH]c12. The van der Waals surface area contributed by atoms with E-state index in [1.54, 1.807) is 24.3 Å². The predicted octanol–water partition coefficient (Wildman–Crippen LogP) is 3.84. The first-order chi connectivity index (χ1) is 11.8. The van der Waals surface area contributed by atoms with E-state index in [0.29, 0.717) is 16.5 Å². The highest BCUT2D eigenvalue weighted by Crippen LogP contribution is 2.32. The molecule has 1 unspecified atom stereocenters. The van der Waals surface area contributed by atoms with Gasteiger partial charge in [0, 0.05) is 12.4 Å². The van der Waals surface area contributed by atoms with Gasteiger partial charge in [-0.1, -0.05) is 6.07 Å². The Morgan fingerprint density at radius 2 is 2.16 bits per heavy atom. The Kier molecular flexibility index (Phi) is 4.62. The number of aromatic nitrogens is 1. The molecule has 0 fully saturated rings. The van der Waals surface area contributed by atoms with E-state index >= 15 is 0 Å². The van der Waals surface area contributed by atoms with Crippen molar-refractivity contribution in [3.05, 3.63) is 47.0 Å². The van der Waals surface area contributed by atoms with Crippen molar-refractivity contribution in [2.24, 2.45) is 0 Å². The van der Waals surface area contributed by atoms with Gasteiger partial charge in [-0.25, -0.2) is 9.00 Å². The Labute approximate surface area is 151 Å². The fourth-order valence-corrected chi connectivity index (χ4v) is 5.25. The number of aryl methyl sites for hydroxylation is 1. The van der Waals surface area contributed by atoms with E-state index < -0.39 is 15.7 Å². The molecule has 0 amide bonds. The molecule has 0 saturated carbocycles. The van der Waals surface area contributed by atoms with Crippen LogP contribution in [0.3, 0.4) is 0 Å². The van der Waals surface area contributed by atoms with Crippen molar-refractivity contribution >= 4 is 49.5 Å². The van der Waals surface area contributed by atoms with E-state index in [0.717, 1.165) is 22.2 Å². The molecule has 0 bridgehead atoms. The van der Waals surface area contributed by atoms with Crippen molar-refractivity contribution in [1.29, 1.82) is 0 Å². The molecule has 1 N–H and O–H groups in total. The van der Waals surface area contributed by atoms with Crippen molar-refractivity contribution < 1.29 is 13.7 Å². The number of ether oxygens (including phenoxy) is 1. The van der Waals surface area contributed by atoms with Gasteiger partial charge in [-0.2, -0.15) is 0 Å². The standard InChI is InChI=1S/C18H20N2O3S2/c1-5-23-18(21)14-11-13-9-12(2)10-15(17(13)19-14)20(3)25(4,22)16-7-6-8-24-16/h6-11,19H,4-5H2,1-3H3. The van der Waals surface area contributed by atoms with Crippen LogP contribution in [0.4, 0.5) is 5.69 Å². The van der Waals surface area contributed by atoms with E-state index in [1.807, 2.05) is 36.6 Å². The molecule has 0 aliphatic rings. The van der Waals surface area contributed by atoms with Crippen molar-refractivity contribution in [3.8, 4) is 0 Å². The summed E-state index contributed by atoms with van der Waals surface area (Å²) in [5.41, 5.74) is 2.86. The molecular formula is C18H20N2O3S2. The maximum absolute atomic E-state index is 13.3. The van der Waals surface area contributed by atoms with Crippen LogP contribution in [0.5, 0.6) is 0 Å². The van der Waals surface area contributed by atoms with E-state index in [2.05, 4.69) is 10.9 Å². The molecule has 2 aromatic heterocycles. The fraction of sp³-hybridized carbons (Fsp3) is 0.222. The Hall–Kier alpha value is -2.25. The van der Waals surface area contributed by atoms with E-state index in [-0.39, 0.29) is 0 Å². The maximum atomic E-state index is 13.3. The summed E-state index contributed by atoms with van der Waals surface area (Å²) in [7, 11) is -0.904. The van der Waals surface area contributed by atoms with Crippen molar-refractivity contribution in [2.45, 2.75) is 18.1 Å². The van der Waals surface area contributed by atoms with Gasteiger partial charge in [0.25, 0.3) is 0 Å². The average molecular weight is 377 g/mol. The molecule has 3 aromatic rings. The molecule has 25 heavy (non-hydrogen) atoms. The van der Waals surface area contributed by atoms with Crippen LogP contribution >= 0.6 is 11.3 Å². The first-order valence-electron chi connectivity index (χ1n) is 7.79. The monoisotopic (exact) mass is 376 g/mol. The minimum Gasteiger partial charge on any atom is -0.461 e. The number of hydrogen-bond acceptors (Lipinski definition) is 4. The first kappa shape index (κ1) is 17.6. The molecule has 5 nitrogen and oxygen atoms in total. The summed E-state index contributed by atoms with van der Waals surface area (Å²) in [4.78, 5) is 15.1. The number of aromatic amines is 1. The number of nitrogens with zero attached hydrogens (tertiary/aromatic N) is 1. The van der Waals surface area contributed by atoms with Gasteiger partial charge in [0.2, 0.25) is 0 Å². The van der Waals surface area contributed by atoms with E-state index in [9.17, 15) is 9.00 Å². The Morgan fingerprint density at radius 1 is 1.40 bits per heavy atom. The zero-order chi connectivity index (χ0) is 18.2. The first-order valence-corrected chi connectivity index (χ1v) is 10.4. The van der Waals surface area contributed by atoms with Crippen LogP contribution in [-0.4, -0.2) is 34.7 Å². The molecule has 2 heterocycles. The third-order valence-electron chi connectivity index (χ3n) is 3.94. The number of nitrogens with one attached hydrogen (secondary N) is 1. The maximum Gasteiger partial charge on any atom is 0.354 e. The third kappa shape index (κ3) is 3.17. The van der Waals surface area contributed by atoms with Crippen LogP contribution in [0.25, 0.3) is 10.9 Å². The lowest BCUT2D eigenvalue weighted by Gasteiger charge is -2.24. The zero-order valence-electron chi connectivity index (χ0n) is 14.4. The lowest BCUT2D eigenvalue weighted by molar-refractivity contribution is 0.0520. The highest BCUT2D eigenvalue weighted by Gasteiger charge is 2.21. The summed E-state index contributed by atoms with van der Waals surface area (Å²) in [5.74, 6) is 3.55. The van der Waals surface area contributed by atoms with Gasteiger partial charge in [-0.3, -0.25) is 4.31 Å². The number of esters is 1. The Bertz CT molecular complexity index is 1020. The second kappa shape index (κ2) is 6.57. The number of fused-ring (bicyclic) bond motifs is 1. The fourth-order valence-electron chi connectivity index (χ4n) is 2.68. The molecule has 1 aromatic carbocycles. The molecule has 7 heteroatoms. The van der Waals surface area contributed by atoms with Gasteiger partial charge in [-0.15, -0.1) is 11.3 Å². The van der Waals surface area contributed by atoms with Gasteiger partial charge in [-0.05, 0) is 54.9 Å². The Balaban J connectivity index is 2.14. The van der Waals surface area contributed by atoms with Crippen LogP contribution in [0.1, 0.15) is 23.0 Å². The van der Waals surface area contributed by atoms with Crippen molar-refractivity contribution in [2.75, 3.05) is 18.0 Å². The minimum absolute atomic E-state index is 0.311. The lowest BCUT2D eigenvalue weighted by Crippen LogP contribution is -2.26. The summed E-state index contributed by atoms with van der Waals surface area (Å²) < 4.78 is 20.7. The second-order valence-corrected chi connectivity index (χ2v) is 9.20. The third-order valence-corrected chi connectivity index (χ3v) is 7.52. The van der Waals surface area contributed by atoms with Crippen LogP contribution in [0, 0.1) is 6.92 Å². The molecule has 0 radical (unpaired) electrons. The molecule has 1 atom stereocenters. The number of benzene rings is 1. The van der Waals surface area contributed by atoms with Crippen molar-refractivity contribution in [3.63, 3.8) is 0 Å². The van der Waals surface area contributed by atoms with Gasteiger partial charge >= 0.3 is 5.97 Å². The van der Waals surface area contributed by atoms with Crippen LogP contribution in [0.2, 0.25) is 0 Å². The molecule has 132 valence electrons. The molecular weight excluding hydrogens is 356 g/mol. The molecule has 0 aliphatic heterocycles. The Morgan fingerprint density at radius 3 is 2.80 bits per heavy atom. The average Bonchev–Trinajstić information content (AvgIpc) is 3.23.